The van der Waals surface area contributed by atoms with E-state index in [1.54, 1.807) is 19.3 Å². The molecule has 1 aromatic carbocycles. The number of hydrogen-bond donors (Lipinski definition) is 0. The van der Waals surface area contributed by atoms with Crippen molar-refractivity contribution in [3.05, 3.63) is 48.3 Å². The number of aromatic nitrogens is 1. The van der Waals surface area contributed by atoms with Crippen molar-refractivity contribution in [3.63, 3.8) is 0 Å². The molecule has 1 nitrogen and oxygen atoms in total. The van der Waals surface area contributed by atoms with E-state index in [1.165, 1.54) is 6.08 Å². The average molecular weight is 187 g/mol. The van der Waals surface area contributed by atoms with Crippen LogP contribution in [0.3, 0.4) is 0 Å². The topological polar surface area (TPSA) is 12.9 Å². The molecule has 0 atom stereocenters. The summed E-state index contributed by atoms with van der Waals surface area (Å²) in [5.41, 5.74) is 0.561. The lowest BCUT2D eigenvalue weighted by atomic mass is 10.1. The lowest BCUT2D eigenvalue weighted by molar-refractivity contribution is 0.759. The lowest BCUT2D eigenvalue weighted by Gasteiger charge is -2.02. The van der Waals surface area contributed by atoms with Gasteiger partial charge >= 0.3 is 0 Å². The molecule has 14 heavy (non-hydrogen) atoms. The molecule has 0 radical (unpaired) electrons. The summed E-state index contributed by atoms with van der Waals surface area (Å²) < 4.78 is 13.4. The van der Waals surface area contributed by atoms with E-state index in [4.69, 9.17) is 0 Å². The SMILES string of the molecule is CC=C(F)c1cncc2ccccc12. The Morgan fingerprint density at radius 1 is 1.29 bits per heavy atom. The average Bonchev–Trinajstić information content (AvgIpc) is 2.27. The summed E-state index contributed by atoms with van der Waals surface area (Å²) in [5.74, 6) is -0.228. The van der Waals surface area contributed by atoms with Gasteiger partial charge in [-0.1, -0.05) is 30.3 Å². The molecule has 70 valence electrons. The van der Waals surface area contributed by atoms with Crippen LogP contribution in [-0.2, 0) is 0 Å². The molecule has 0 amide bonds. The largest absolute Gasteiger partial charge is 0.263 e. The van der Waals surface area contributed by atoms with Crippen molar-refractivity contribution < 1.29 is 4.39 Å². The van der Waals surface area contributed by atoms with Crippen molar-refractivity contribution in [3.8, 4) is 0 Å². The molecular formula is C12H10FN. The molecule has 0 spiro atoms. The van der Waals surface area contributed by atoms with Gasteiger partial charge in [-0.25, -0.2) is 4.39 Å². The van der Waals surface area contributed by atoms with Gasteiger partial charge in [0.2, 0.25) is 0 Å². The fourth-order valence-electron chi connectivity index (χ4n) is 1.46. The Kier molecular flexibility index (Phi) is 2.27. The van der Waals surface area contributed by atoms with E-state index < -0.39 is 0 Å². The highest BCUT2D eigenvalue weighted by Gasteiger charge is 2.04. The number of benzene rings is 1. The Morgan fingerprint density at radius 3 is 2.86 bits per heavy atom. The minimum atomic E-state index is -0.228. The standard InChI is InChI=1S/C12H10FN/c1-2-12(13)11-8-14-7-9-5-3-4-6-10(9)11/h2-8H,1H3. The molecule has 0 fully saturated rings. The summed E-state index contributed by atoms with van der Waals surface area (Å²) >= 11 is 0. The van der Waals surface area contributed by atoms with Gasteiger partial charge in [0.1, 0.15) is 5.83 Å². The number of hydrogen-bond acceptors (Lipinski definition) is 1. The third-order valence-electron chi connectivity index (χ3n) is 2.18. The van der Waals surface area contributed by atoms with Crippen LogP contribution in [0.15, 0.2) is 42.7 Å². The van der Waals surface area contributed by atoms with Gasteiger partial charge in [0.15, 0.2) is 0 Å². The first-order chi connectivity index (χ1) is 6.83. The van der Waals surface area contributed by atoms with Crippen LogP contribution in [0.4, 0.5) is 4.39 Å². The van der Waals surface area contributed by atoms with Crippen molar-refractivity contribution in [1.29, 1.82) is 0 Å². The highest BCUT2D eigenvalue weighted by atomic mass is 19.1. The zero-order chi connectivity index (χ0) is 9.97. The van der Waals surface area contributed by atoms with Crippen LogP contribution in [0.1, 0.15) is 12.5 Å². The first-order valence-corrected chi connectivity index (χ1v) is 4.48. The quantitative estimate of drug-likeness (QED) is 0.665. The first kappa shape index (κ1) is 8.88. The molecule has 2 rings (SSSR count). The Bertz CT molecular complexity index is 483. The summed E-state index contributed by atoms with van der Waals surface area (Å²) in [6.07, 6.45) is 4.74. The van der Waals surface area contributed by atoms with Gasteiger partial charge in [0, 0.05) is 23.3 Å². The van der Waals surface area contributed by atoms with Gasteiger partial charge in [-0.2, -0.15) is 0 Å². The van der Waals surface area contributed by atoms with E-state index >= 15 is 0 Å². The van der Waals surface area contributed by atoms with Crippen molar-refractivity contribution >= 4 is 16.6 Å². The molecule has 0 saturated heterocycles. The van der Waals surface area contributed by atoms with Crippen LogP contribution in [-0.4, -0.2) is 4.98 Å². The van der Waals surface area contributed by atoms with Gasteiger partial charge in [-0.3, -0.25) is 4.98 Å². The molecule has 0 aliphatic heterocycles. The highest BCUT2D eigenvalue weighted by molar-refractivity contribution is 5.91. The second-order valence-corrected chi connectivity index (χ2v) is 3.04. The van der Waals surface area contributed by atoms with Gasteiger partial charge in [-0.05, 0) is 12.3 Å². The molecule has 2 heteroatoms. The van der Waals surface area contributed by atoms with E-state index in [0.29, 0.717) is 5.56 Å². The fraction of sp³-hybridized carbons (Fsp3) is 0.0833. The van der Waals surface area contributed by atoms with Crippen molar-refractivity contribution in [2.24, 2.45) is 0 Å². The summed E-state index contributed by atoms with van der Waals surface area (Å²) in [5, 5.41) is 1.86. The molecule has 0 aliphatic carbocycles. The third kappa shape index (κ3) is 1.39. The van der Waals surface area contributed by atoms with Crippen molar-refractivity contribution in [2.45, 2.75) is 6.92 Å². The third-order valence-corrected chi connectivity index (χ3v) is 2.18. The number of halogens is 1. The molecule has 1 aromatic heterocycles. The Morgan fingerprint density at radius 2 is 2.07 bits per heavy atom. The van der Waals surface area contributed by atoms with Crippen LogP contribution in [0.2, 0.25) is 0 Å². The van der Waals surface area contributed by atoms with Crippen LogP contribution in [0.5, 0.6) is 0 Å². The van der Waals surface area contributed by atoms with E-state index in [0.717, 1.165) is 10.8 Å². The van der Waals surface area contributed by atoms with Gasteiger partial charge in [0.25, 0.3) is 0 Å². The van der Waals surface area contributed by atoms with Crippen LogP contribution >= 0.6 is 0 Å². The van der Waals surface area contributed by atoms with Gasteiger partial charge in [0.05, 0.1) is 0 Å². The number of fused-ring (bicyclic) bond motifs is 1. The summed E-state index contributed by atoms with van der Waals surface area (Å²) in [7, 11) is 0. The smallest absolute Gasteiger partial charge is 0.128 e. The maximum absolute atomic E-state index is 13.4. The normalized spacial score (nSPS) is 12.0. The minimum absolute atomic E-state index is 0.228. The van der Waals surface area contributed by atoms with E-state index in [9.17, 15) is 4.39 Å². The lowest BCUT2D eigenvalue weighted by Crippen LogP contribution is -1.84. The van der Waals surface area contributed by atoms with Crippen LogP contribution in [0.25, 0.3) is 16.6 Å². The predicted molar refractivity (Wildman–Crippen MR) is 56.5 cm³/mol. The fourth-order valence-corrected chi connectivity index (χ4v) is 1.46. The number of allylic oxidation sites excluding steroid dienone is 1. The van der Waals surface area contributed by atoms with E-state index in [-0.39, 0.29) is 5.83 Å². The van der Waals surface area contributed by atoms with Crippen molar-refractivity contribution in [2.75, 3.05) is 0 Å². The number of pyridine rings is 1. The number of rotatable bonds is 1. The monoisotopic (exact) mass is 187 g/mol. The minimum Gasteiger partial charge on any atom is -0.263 e. The van der Waals surface area contributed by atoms with E-state index in [2.05, 4.69) is 4.98 Å². The summed E-state index contributed by atoms with van der Waals surface area (Å²) in [6, 6.07) is 7.64. The predicted octanol–water partition coefficient (Wildman–Crippen LogP) is 3.57. The van der Waals surface area contributed by atoms with Crippen LogP contribution in [0, 0.1) is 0 Å². The molecule has 0 bridgehead atoms. The first-order valence-electron chi connectivity index (χ1n) is 4.48. The molecule has 2 aromatic rings. The zero-order valence-corrected chi connectivity index (χ0v) is 7.87. The highest BCUT2D eigenvalue weighted by Crippen LogP contribution is 2.24. The molecule has 0 unspecified atom stereocenters. The molecule has 0 aliphatic rings. The summed E-state index contributed by atoms with van der Waals surface area (Å²) in [6.45, 7) is 1.68. The second-order valence-electron chi connectivity index (χ2n) is 3.04. The van der Waals surface area contributed by atoms with Crippen molar-refractivity contribution in [1.82, 2.24) is 4.98 Å². The molecule has 1 heterocycles. The Balaban J connectivity index is 2.77. The van der Waals surface area contributed by atoms with Gasteiger partial charge < -0.3 is 0 Å². The summed E-state index contributed by atoms with van der Waals surface area (Å²) in [4.78, 5) is 4.00. The van der Waals surface area contributed by atoms with Crippen LogP contribution < -0.4 is 0 Å². The zero-order valence-electron chi connectivity index (χ0n) is 7.87. The Labute approximate surface area is 81.9 Å². The maximum atomic E-state index is 13.4. The second kappa shape index (κ2) is 3.58. The van der Waals surface area contributed by atoms with Gasteiger partial charge in [-0.15, -0.1) is 0 Å². The number of nitrogens with zero attached hydrogens (tertiary/aromatic N) is 1. The Hall–Kier alpha value is -1.70. The molecule has 0 saturated carbocycles. The molecular weight excluding hydrogens is 177 g/mol. The molecule has 0 N–H and O–H groups in total. The maximum Gasteiger partial charge on any atom is 0.128 e. The van der Waals surface area contributed by atoms with E-state index in [1.807, 2.05) is 24.3 Å².